The highest BCUT2D eigenvalue weighted by molar-refractivity contribution is 8.14. The van der Waals surface area contributed by atoms with Gasteiger partial charge in [0.1, 0.15) is 7.05 Å². The molecule has 2 unspecified atom stereocenters. The van der Waals surface area contributed by atoms with Crippen molar-refractivity contribution < 1.29 is 28.6 Å². The number of halogens is 1. The minimum atomic E-state index is 0. The summed E-state index contributed by atoms with van der Waals surface area (Å²) in [4.78, 5) is 0. The topological polar surface area (TPSA) is 3.01 Å². The van der Waals surface area contributed by atoms with Crippen molar-refractivity contribution in [2.45, 2.75) is 64.2 Å². The molecule has 0 aromatic heterocycles. The zero-order valence-electron chi connectivity index (χ0n) is 10.4. The van der Waals surface area contributed by atoms with Gasteiger partial charge in [-0.3, -0.25) is 0 Å². The molecule has 0 N–H and O–H groups in total. The molecule has 0 aliphatic carbocycles. The number of hydrogen-bond donors (Lipinski definition) is 0. The Morgan fingerprint density at radius 2 is 1.93 bits per heavy atom. The fourth-order valence-corrected chi connectivity index (χ4v) is 3.50. The van der Waals surface area contributed by atoms with Crippen LogP contribution in [0.5, 0.6) is 0 Å². The monoisotopic (exact) mass is 341 g/mol. The maximum Gasteiger partial charge on any atom is 0.207 e. The van der Waals surface area contributed by atoms with E-state index < -0.39 is 0 Å². The van der Waals surface area contributed by atoms with Gasteiger partial charge in [-0.05, 0) is 13.3 Å². The normalized spacial score (nSPS) is 25.6. The van der Waals surface area contributed by atoms with Gasteiger partial charge in [0.15, 0.2) is 6.04 Å². The Labute approximate surface area is 116 Å². The van der Waals surface area contributed by atoms with Crippen LogP contribution in [-0.2, 0) is 0 Å². The lowest BCUT2D eigenvalue weighted by atomic mass is 10.0. The number of unbranched alkanes of at least 4 members (excludes halogenated alkanes) is 3. The first-order valence-corrected chi connectivity index (χ1v) is 6.77. The highest BCUT2D eigenvalue weighted by Gasteiger charge is 2.34. The first-order valence-electron chi connectivity index (χ1n) is 5.89. The molecular weight excluding hydrogens is 317 g/mol. The van der Waals surface area contributed by atoms with Crippen molar-refractivity contribution in [3.8, 4) is 0 Å². The zero-order chi connectivity index (χ0) is 10.6. The van der Waals surface area contributed by atoms with Crippen molar-refractivity contribution in [3.63, 3.8) is 0 Å². The summed E-state index contributed by atoms with van der Waals surface area (Å²) in [6.45, 7) is 6.88. The third-order valence-electron chi connectivity index (χ3n) is 3.25. The second kappa shape index (κ2) is 7.93. The molecule has 0 radical (unpaired) electrons. The van der Waals surface area contributed by atoms with E-state index in [0.29, 0.717) is 0 Å². The predicted molar refractivity (Wildman–Crippen MR) is 66.5 cm³/mol. The quantitative estimate of drug-likeness (QED) is 0.400. The molecule has 0 saturated heterocycles. The summed E-state index contributed by atoms with van der Waals surface area (Å²) in [5.74, 6) is 0. The van der Waals surface area contributed by atoms with Crippen molar-refractivity contribution in [1.82, 2.24) is 0 Å². The summed E-state index contributed by atoms with van der Waals surface area (Å²) in [6, 6.07) is 0.789. The Bertz CT molecular complexity index is 216. The molecule has 1 heterocycles. The molecule has 90 valence electrons. The van der Waals surface area contributed by atoms with Gasteiger partial charge >= 0.3 is 0 Å². The molecule has 1 aliphatic rings. The van der Waals surface area contributed by atoms with Crippen LogP contribution < -0.4 is 24.0 Å². The second-order valence-corrected chi connectivity index (χ2v) is 5.94. The van der Waals surface area contributed by atoms with Crippen LogP contribution in [0.25, 0.3) is 0 Å². The van der Waals surface area contributed by atoms with Crippen molar-refractivity contribution >= 4 is 16.8 Å². The van der Waals surface area contributed by atoms with Crippen LogP contribution in [0.3, 0.4) is 0 Å². The molecular formula is C12H24INS. The SMILES string of the molecule is CCCCCCC1C(C)SC(C)=[N+]1C.[I-]. The van der Waals surface area contributed by atoms with Crippen LogP contribution in [0.4, 0.5) is 0 Å². The first kappa shape index (κ1) is 15.8. The molecule has 1 rings (SSSR count). The summed E-state index contributed by atoms with van der Waals surface area (Å²) < 4.78 is 2.47. The summed E-state index contributed by atoms with van der Waals surface area (Å²) in [6.07, 6.45) is 6.94. The summed E-state index contributed by atoms with van der Waals surface area (Å²) in [5.41, 5.74) is 0. The minimum absolute atomic E-state index is 0. The lowest BCUT2D eigenvalue weighted by molar-refractivity contribution is -0.532. The van der Waals surface area contributed by atoms with Crippen molar-refractivity contribution in [2.75, 3.05) is 7.05 Å². The number of nitrogens with zero attached hydrogens (tertiary/aromatic N) is 1. The van der Waals surface area contributed by atoms with E-state index in [1.807, 2.05) is 11.8 Å². The Hall–Kier alpha value is 0.750. The molecule has 1 nitrogen and oxygen atoms in total. The number of rotatable bonds is 5. The summed E-state index contributed by atoms with van der Waals surface area (Å²) >= 11 is 2.04. The van der Waals surface area contributed by atoms with Crippen LogP contribution in [0.2, 0.25) is 0 Å². The Kier molecular flexibility index (Phi) is 8.33. The van der Waals surface area contributed by atoms with Gasteiger partial charge in [0.25, 0.3) is 0 Å². The molecule has 3 heteroatoms. The fraction of sp³-hybridized carbons (Fsp3) is 0.917. The van der Waals surface area contributed by atoms with Crippen LogP contribution in [-0.4, -0.2) is 28.0 Å². The van der Waals surface area contributed by atoms with E-state index in [0.717, 1.165) is 11.3 Å². The van der Waals surface area contributed by atoms with Crippen molar-refractivity contribution in [1.29, 1.82) is 0 Å². The molecule has 2 atom stereocenters. The summed E-state index contributed by atoms with van der Waals surface area (Å²) in [7, 11) is 2.25. The molecule has 0 aromatic carbocycles. The van der Waals surface area contributed by atoms with Gasteiger partial charge < -0.3 is 24.0 Å². The lowest BCUT2D eigenvalue weighted by Crippen LogP contribution is -3.00. The van der Waals surface area contributed by atoms with Crippen LogP contribution in [0, 0.1) is 0 Å². The van der Waals surface area contributed by atoms with Crippen molar-refractivity contribution in [2.24, 2.45) is 0 Å². The Balaban J connectivity index is 0.00000196. The first-order chi connectivity index (χ1) is 6.66. The molecule has 1 aliphatic heterocycles. The third-order valence-corrected chi connectivity index (χ3v) is 4.56. The van der Waals surface area contributed by atoms with E-state index in [1.54, 1.807) is 0 Å². The van der Waals surface area contributed by atoms with Crippen LogP contribution >= 0.6 is 11.8 Å². The van der Waals surface area contributed by atoms with Crippen LogP contribution in [0.15, 0.2) is 0 Å². The lowest BCUT2D eigenvalue weighted by Gasteiger charge is -2.11. The standard InChI is InChI=1S/C12H24NS.HI/c1-5-6-7-8-9-12-10(2)14-11(3)13(12)4;/h10,12H,5-9H2,1-4H3;1H/q+1;/p-1. The fourth-order valence-electron chi connectivity index (χ4n) is 2.19. The molecule has 0 spiro atoms. The second-order valence-electron chi connectivity index (χ2n) is 4.37. The molecule has 0 fully saturated rings. The largest absolute Gasteiger partial charge is 1.00 e. The van der Waals surface area contributed by atoms with E-state index in [4.69, 9.17) is 0 Å². The van der Waals surface area contributed by atoms with Gasteiger partial charge in [-0.2, -0.15) is 0 Å². The van der Waals surface area contributed by atoms with Gasteiger partial charge in [-0.25, -0.2) is 4.58 Å². The number of hydrogen-bond acceptors (Lipinski definition) is 1. The molecule has 0 amide bonds. The van der Waals surface area contributed by atoms with E-state index in [-0.39, 0.29) is 24.0 Å². The molecule has 0 saturated carbocycles. The summed E-state index contributed by atoms with van der Waals surface area (Å²) in [5, 5.41) is 2.29. The van der Waals surface area contributed by atoms with E-state index in [2.05, 4.69) is 32.4 Å². The maximum atomic E-state index is 2.47. The Morgan fingerprint density at radius 1 is 1.27 bits per heavy atom. The smallest absolute Gasteiger partial charge is 0.207 e. The highest BCUT2D eigenvalue weighted by atomic mass is 127. The van der Waals surface area contributed by atoms with Gasteiger partial charge in [-0.1, -0.05) is 37.9 Å². The van der Waals surface area contributed by atoms with Gasteiger partial charge in [0.2, 0.25) is 5.04 Å². The molecule has 0 bridgehead atoms. The number of thioether (sulfide) groups is 1. The third kappa shape index (κ3) is 4.63. The minimum Gasteiger partial charge on any atom is -1.00 e. The average Bonchev–Trinajstić information content (AvgIpc) is 2.38. The highest BCUT2D eigenvalue weighted by Crippen LogP contribution is 2.28. The zero-order valence-corrected chi connectivity index (χ0v) is 13.4. The van der Waals surface area contributed by atoms with E-state index >= 15 is 0 Å². The van der Waals surface area contributed by atoms with Gasteiger partial charge in [-0.15, -0.1) is 0 Å². The van der Waals surface area contributed by atoms with Crippen LogP contribution in [0.1, 0.15) is 52.9 Å². The van der Waals surface area contributed by atoms with E-state index in [9.17, 15) is 0 Å². The van der Waals surface area contributed by atoms with Crippen molar-refractivity contribution in [3.05, 3.63) is 0 Å². The Morgan fingerprint density at radius 3 is 2.40 bits per heavy atom. The maximum absolute atomic E-state index is 2.47. The van der Waals surface area contributed by atoms with Gasteiger partial charge in [0, 0.05) is 13.3 Å². The molecule has 0 aromatic rings. The average molecular weight is 341 g/mol. The van der Waals surface area contributed by atoms with Gasteiger partial charge in [0.05, 0.1) is 5.25 Å². The molecule has 15 heavy (non-hydrogen) atoms. The van der Waals surface area contributed by atoms with E-state index in [1.165, 1.54) is 37.1 Å². The predicted octanol–water partition coefficient (Wildman–Crippen LogP) is 0.525.